The van der Waals surface area contributed by atoms with Gasteiger partial charge in [0.05, 0.1) is 6.10 Å². The quantitative estimate of drug-likeness (QED) is 0.592. The lowest BCUT2D eigenvalue weighted by Crippen LogP contribution is -2.47. The molecule has 5 nitrogen and oxygen atoms in total. The van der Waals surface area contributed by atoms with Crippen molar-refractivity contribution >= 4 is 23.4 Å². The maximum absolute atomic E-state index is 12.5. The minimum absolute atomic E-state index is 0.0201. The molecule has 1 aromatic carbocycles. The summed E-state index contributed by atoms with van der Waals surface area (Å²) in [7, 11) is 0. The number of amides is 2. The smallest absolute Gasteiger partial charge is 0.242 e. The Bertz CT molecular complexity index is 561. The van der Waals surface area contributed by atoms with E-state index in [0.29, 0.717) is 31.1 Å². The zero-order valence-electron chi connectivity index (χ0n) is 16.3. The van der Waals surface area contributed by atoms with Crippen molar-refractivity contribution in [1.82, 2.24) is 10.2 Å². The Morgan fingerprint density at radius 1 is 1.19 bits per heavy atom. The van der Waals surface area contributed by atoms with Crippen molar-refractivity contribution in [3.8, 4) is 0 Å². The fraction of sp³-hybridized carbons (Fsp3) is 0.600. The molecule has 0 aliphatic rings. The highest BCUT2D eigenvalue weighted by Crippen LogP contribution is 2.15. The van der Waals surface area contributed by atoms with E-state index in [-0.39, 0.29) is 17.9 Å². The van der Waals surface area contributed by atoms with E-state index in [4.69, 9.17) is 16.3 Å². The second-order valence-electron chi connectivity index (χ2n) is 6.64. The van der Waals surface area contributed by atoms with Crippen molar-refractivity contribution in [3.05, 3.63) is 34.9 Å². The Balaban J connectivity index is 2.65. The van der Waals surface area contributed by atoms with E-state index < -0.39 is 6.04 Å². The van der Waals surface area contributed by atoms with E-state index in [2.05, 4.69) is 5.32 Å². The van der Waals surface area contributed by atoms with Gasteiger partial charge in [0.1, 0.15) is 6.04 Å². The van der Waals surface area contributed by atoms with E-state index in [9.17, 15) is 9.59 Å². The molecule has 2 amide bonds. The molecular formula is C20H31ClN2O3. The summed E-state index contributed by atoms with van der Waals surface area (Å²) in [5, 5.41) is 3.54. The highest BCUT2D eigenvalue weighted by atomic mass is 35.5. The average molecular weight is 383 g/mol. The lowest BCUT2D eigenvalue weighted by atomic mass is 10.1. The number of hydrogen-bond donors (Lipinski definition) is 1. The molecule has 0 heterocycles. The van der Waals surface area contributed by atoms with Crippen molar-refractivity contribution in [2.75, 3.05) is 13.2 Å². The molecule has 0 saturated heterocycles. The van der Waals surface area contributed by atoms with Crippen LogP contribution in [0.4, 0.5) is 0 Å². The number of nitrogens with one attached hydrogen (secondary N) is 1. The van der Waals surface area contributed by atoms with E-state index in [0.717, 1.165) is 18.4 Å². The molecule has 0 aliphatic carbocycles. The van der Waals surface area contributed by atoms with Crippen LogP contribution in [0.2, 0.25) is 5.02 Å². The molecule has 1 atom stereocenters. The molecule has 0 bridgehead atoms. The van der Waals surface area contributed by atoms with Crippen molar-refractivity contribution in [2.45, 2.75) is 65.6 Å². The van der Waals surface area contributed by atoms with Crippen molar-refractivity contribution in [2.24, 2.45) is 0 Å². The van der Waals surface area contributed by atoms with Gasteiger partial charge in [0.2, 0.25) is 11.8 Å². The van der Waals surface area contributed by atoms with Crippen LogP contribution < -0.4 is 5.32 Å². The predicted octanol–water partition coefficient (Wildman–Crippen LogP) is 3.79. The molecule has 0 aromatic heterocycles. The van der Waals surface area contributed by atoms with Gasteiger partial charge >= 0.3 is 0 Å². The third-order valence-electron chi connectivity index (χ3n) is 3.97. The summed E-state index contributed by atoms with van der Waals surface area (Å²) in [6.45, 7) is 9.22. The highest BCUT2D eigenvalue weighted by Gasteiger charge is 2.25. The average Bonchev–Trinajstić information content (AvgIpc) is 2.60. The number of halogens is 1. The van der Waals surface area contributed by atoms with E-state index in [1.54, 1.807) is 24.0 Å². The fourth-order valence-corrected chi connectivity index (χ4v) is 2.60. The number of benzene rings is 1. The Labute approximate surface area is 162 Å². The van der Waals surface area contributed by atoms with Crippen LogP contribution in [0, 0.1) is 0 Å². The van der Waals surface area contributed by atoms with Gasteiger partial charge in [-0.25, -0.2) is 0 Å². The molecule has 146 valence electrons. The SMILES string of the molecule is CCCC(=O)N(Cc1ccc(Cl)cc1)[C@H](C)C(=O)NCCCOC(C)C. The maximum atomic E-state index is 12.5. The van der Waals surface area contributed by atoms with E-state index >= 15 is 0 Å². The first-order chi connectivity index (χ1) is 12.3. The molecule has 0 radical (unpaired) electrons. The molecule has 26 heavy (non-hydrogen) atoms. The van der Waals surface area contributed by atoms with Crippen LogP contribution in [0.3, 0.4) is 0 Å². The summed E-state index contributed by atoms with van der Waals surface area (Å²) < 4.78 is 5.46. The van der Waals surface area contributed by atoms with Crippen LogP contribution in [0.1, 0.15) is 52.5 Å². The summed E-state index contributed by atoms with van der Waals surface area (Å²) in [5.41, 5.74) is 0.948. The van der Waals surface area contributed by atoms with Gasteiger partial charge in [-0.1, -0.05) is 30.7 Å². The Morgan fingerprint density at radius 2 is 1.85 bits per heavy atom. The fourth-order valence-electron chi connectivity index (χ4n) is 2.48. The summed E-state index contributed by atoms with van der Waals surface area (Å²) in [5.74, 6) is -0.166. The van der Waals surface area contributed by atoms with E-state index in [1.807, 2.05) is 32.9 Å². The van der Waals surface area contributed by atoms with Crippen LogP contribution in [0.5, 0.6) is 0 Å². The summed E-state index contributed by atoms with van der Waals surface area (Å²) >= 11 is 5.92. The van der Waals surface area contributed by atoms with Gasteiger partial charge < -0.3 is 15.0 Å². The van der Waals surface area contributed by atoms with Crippen molar-refractivity contribution in [3.63, 3.8) is 0 Å². The molecule has 0 saturated carbocycles. The summed E-state index contributed by atoms with van der Waals surface area (Å²) in [6, 6.07) is 6.80. The third kappa shape index (κ3) is 8.19. The van der Waals surface area contributed by atoms with Gasteiger partial charge in [-0.05, 0) is 51.3 Å². The second-order valence-corrected chi connectivity index (χ2v) is 7.07. The first-order valence-corrected chi connectivity index (χ1v) is 9.66. The second kappa shape index (κ2) is 11.9. The zero-order chi connectivity index (χ0) is 19.5. The monoisotopic (exact) mass is 382 g/mol. The zero-order valence-corrected chi connectivity index (χ0v) is 17.0. The number of hydrogen-bond acceptors (Lipinski definition) is 3. The van der Waals surface area contributed by atoms with Crippen LogP contribution >= 0.6 is 11.6 Å². The lowest BCUT2D eigenvalue weighted by Gasteiger charge is -2.29. The van der Waals surface area contributed by atoms with Crippen LogP contribution in [0.15, 0.2) is 24.3 Å². The highest BCUT2D eigenvalue weighted by molar-refractivity contribution is 6.30. The number of rotatable bonds is 11. The topological polar surface area (TPSA) is 58.6 Å². The number of carbonyl (C=O) groups excluding carboxylic acids is 2. The molecular weight excluding hydrogens is 352 g/mol. The lowest BCUT2D eigenvalue weighted by molar-refractivity contribution is -0.140. The minimum atomic E-state index is -0.532. The molecule has 1 N–H and O–H groups in total. The van der Waals surface area contributed by atoms with Crippen LogP contribution in [0.25, 0.3) is 0 Å². The van der Waals surface area contributed by atoms with Gasteiger partial charge in [0.15, 0.2) is 0 Å². The van der Waals surface area contributed by atoms with Crippen molar-refractivity contribution in [1.29, 1.82) is 0 Å². The van der Waals surface area contributed by atoms with E-state index in [1.165, 1.54) is 0 Å². The van der Waals surface area contributed by atoms with Gasteiger partial charge in [0.25, 0.3) is 0 Å². The van der Waals surface area contributed by atoms with Crippen molar-refractivity contribution < 1.29 is 14.3 Å². The Hall–Kier alpha value is -1.59. The number of ether oxygens (including phenoxy) is 1. The molecule has 6 heteroatoms. The van der Waals surface area contributed by atoms with Gasteiger partial charge in [-0.15, -0.1) is 0 Å². The summed E-state index contributed by atoms with van der Waals surface area (Å²) in [4.78, 5) is 26.6. The molecule has 1 rings (SSSR count). The molecule has 0 aliphatic heterocycles. The maximum Gasteiger partial charge on any atom is 0.242 e. The first-order valence-electron chi connectivity index (χ1n) is 9.28. The first kappa shape index (κ1) is 22.5. The van der Waals surface area contributed by atoms with Gasteiger partial charge in [0, 0.05) is 31.1 Å². The van der Waals surface area contributed by atoms with Crippen LogP contribution in [-0.2, 0) is 20.9 Å². The largest absolute Gasteiger partial charge is 0.379 e. The van der Waals surface area contributed by atoms with Gasteiger partial charge in [-0.2, -0.15) is 0 Å². The number of nitrogens with zero attached hydrogens (tertiary/aromatic N) is 1. The minimum Gasteiger partial charge on any atom is -0.379 e. The molecule has 0 fully saturated rings. The Kier molecular flexibility index (Phi) is 10.3. The molecule has 0 unspecified atom stereocenters. The molecule has 0 spiro atoms. The van der Waals surface area contributed by atoms with Crippen LogP contribution in [-0.4, -0.2) is 42.0 Å². The Morgan fingerprint density at radius 3 is 2.42 bits per heavy atom. The number of carbonyl (C=O) groups is 2. The predicted molar refractivity (Wildman–Crippen MR) is 105 cm³/mol. The van der Waals surface area contributed by atoms with Gasteiger partial charge in [-0.3, -0.25) is 9.59 Å². The summed E-state index contributed by atoms with van der Waals surface area (Å²) in [6.07, 6.45) is 2.10. The molecule has 1 aromatic rings. The standard InChI is InChI=1S/C20H31ClN2O3/c1-5-7-19(24)23(14-17-8-10-18(21)11-9-17)16(4)20(25)22-12-6-13-26-15(2)3/h8-11,15-16H,5-7,12-14H2,1-4H3,(H,22,25)/t16-/m1/s1. The third-order valence-corrected chi connectivity index (χ3v) is 4.22. The normalized spacial score (nSPS) is 12.1.